The van der Waals surface area contributed by atoms with Crippen LogP contribution in [0.25, 0.3) is 15.6 Å². The van der Waals surface area contributed by atoms with Crippen LogP contribution in [0.5, 0.6) is 11.5 Å². The zero-order valence-corrected chi connectivity index (χ0v) is 9.10. The van der Waals surface area contributed by atoms with Crippen LogP contribution < -0.4 is 4.74 Å². The molecule has 0 aliphatic rings. The van der Waals surface area contributed by atoms with Crippen LogP contribution in [0.3, 0.4) is 0 Å². The fraction of sp³-hybridized carbons (Fsp3) is 0.0769. The van der Waals surface area contributed by atoms with E-state index in [4.69, 9.17) is 11.3 Å². The van der Waals surface area contributed by atoms with Gasteiger partial charge in [-0.1, -0.05) is 6.07 Å². The number of methoxy groups -OCH3 is 1. The summed E-state index contributed by atoms with van der Waals surface area (Å²) in [6.45, 7) is 7.03. The number of aromatic hydroxyl groups is 1. The van der Waals surface area contributed by atoms with Gasteiger partial charge in [-0.15, -0.1) is 0 Å². The molecule has 0 aliphatic carbocycles. The lowest BCUT2D eigenvalue weighted by Crippen LogP contribution is -1.88. The van der Waals surface area contributed by atoms with Crippen LogP contribution in [-0.2, 0) is 0 Å². The molecule has 0 aromatic heterocycles. The first-order chi connectivity index (χ1) is 8.21. The highest BCUT2D eigenvalue weighted by Gasteiger charge is 2.10. The Morgan fingerprint density at radius 1 is 1.41 bits per heavy atom. The van der Waals surface area contributed by atoms with E-state index in [1.165, 1.54) is 13.2 Å². The first-order valence-electron chi connectivity index (χ1n) is 4.87. The molecular formula is C13H9NO3. The van der Waals surface area contributed by atoms with E-state index in [1.54, 1.807) is 18.2 Å². The second kappa shape index (κ2) is 4.14. The van der Waals surface area contributed by atoms with Crippen LogP contribution in [0.2, 0.25) is 0 Å². The van der Waals surface area contributed by atoms with E-state index in [1.807, 2.05) is 0 Å². The molecule has 0 saturated carbocycles. The molecule has 4 nitrogen and oxygen atoms in total. The number of aldehydes is 1. The highest BCUT2D eigenvalue weighted by molar-refractivity contribution is 6.02. The number of nitrogens with zero attached hydrogens (tertiary/aromatic N) is 1. The molecule has 0 bridgehead atoms. The normalized spacial score (nSPS) is 9.88. The van der Waals surface area contributed by atoms with Gasteiger partial charge in [-0.3, -0.25) is 4.79 Å². The Balaban J connectivity index is 2.88. The Morgan fingerprint density at radius 2 is 2.18 bits per heavy atom. The van der Waals surface area contributed by atoms with Gasteiger partial charge in [-0.2, -0.15) is 0 Å². The highest BCUT2D eigenvalue weighted by Crippen LogP contribution is 2.35. The van der Waals surface area contributed by atoms with E-state index in [2.05, 4.69) is 4.85 Å². The fourth-order valence-electron chi connectivity index (χ4n) is 1.73. The third-order valence-electron chi connectivity index (χ3n) is 2.58. The van der Waals surface area contributed by atoms with Gasteiger partial charge in [0.2, 0.25) is 5.69 Å². The van der Waals surface area contributed by atoms with Gasteiger partial charge in [-0.05, 0) is 29.0 Å². The molecule has 2 aromatic carbocycles. The third kappa shape index (κ3) is 1.68. The predicted molar refractivity (Wildman–Crippen MR) is 63.8 cm³/mol. The lowest BCUT2D eigenvalue weighted by molar-refractivity contribution is 0.112. The SMILES string of the molecule is [C-]#[N+]c1cc2ccc(O)c(C=O)c2cc1OC. The lowest BCUT2D eigenvalue weighted by Gasteiger charge is -2.08. The molecule has 84 valence electrons. The maximum atomic E-state index is 10.9. The van der Waals surface area contributed by atoms with Crippen molar-refractivity contribution in [2.45, 2.75) is 0 Å². The molecule has 2 aromatic rings. The van der Waals surface area contributed by atoms with Crippen molar-refractivity contribution in [2.75, 3.05) is 7.11 Å². The minimum absolute atomic E-state index is 0.0786. The number of fused-ring (bicyclic) bond motifs is 1. The van der Waals surface area contributed by atoms with Crippen molar-refractivity contribution in [3.63, 3.8) is 0 Å². The van der Waals surface area contributed by atoms with E-state index in [0.29, 0.717) is 23.1 Å². The Kier molecular flexibility index (Phi) is 2.67. The van der Waals surface area contributed by atoms with Crippen molar-refractivity contribution in [1.29, 1.82) is 0 Å². The number of carbonyl (C=O) groups excluding carboxylic acids is 1. The first-order valence-corrected chi connectivity index (χ1v) is 4.87. The first kappa shape index (κ1) is 11.0. The van der Waals surface area contributed by atoms with E-state index >= 15 is 0 Å². The smallest absolute Gasteiger partial charge is 0.228 e. The molecule has 0 unspecified atom stereocenters. The van der Waals surface area contributed by atoms with Gasteiger partial charge in [0.1, 0.15) is 11.5 Å². The lowest BCUT2D eigenvalue weighted by atomic mass is 10.0. The van der Waals surface area contributed by atoms with Crippen LogP contribution in [-0.4, -0.2) is 18.5 Å². The number of phenols is 1. The van der Waals surface area contributed by atoms with Crippen LogP contribution in [0.1, 0.15) is 10.4 Å². The van der Waals surface area contributed by atoms with Crippen LogP contribution in [0.4, 0.5) is 5.69 Å². The summed E-state index contributed by atoms with van der Waals surface area (Å²) in [5.74, 6) is 0.311. The maximum absolute atomic E-state index is 10.9. The molecule has 1 N–H and O–H groups in total. The zero-order chi connectivity index (χ0) is 12.4. The minimum Gasteiger partial charge on any atom is -0.508 e. The largest absolute Gasteiger partial charge is 0.508 e. The fourth-order valence-corrected chi connectivity index (χ4v) is 1.73. The third-order valence-corrected chi connectivity index (χ3v) is 2.58. The van der Waals surface area contributed by atoms with E-state index in [-0.39, 0.29) is 11.3 Å². The van der Waals surface area contributed by atoms with Gasteiger partial charge in [0, 0.05) is 0 Å². The molecule has 0 saturated heterocycles. The molecule has 0 fully saturated rings. The second-order valence-electron chi connectivity index (χ2n) is 3.47. The molecule has 2 rings (SSSR count). The van der Waals surface area contributed by atoms with Gasteiger partial charge in [-0.25, -0.2) is 4.85 Å². The molecule has 0 heterocycles. The minimum atomic E-state index is -0.0786. The monoisotopic (exact) mass is 227 g/mol. The van der Waals surface area contributed by atoms with Crippen LogP contribution in [0.15, 0.2) is 24.3 Å². The van der Waals surface area contributed by atoms with Crippen molar-refractivity contribution in [1.82, 2.24) is 0 Å². The van der Waals surface area contributed by atoms with Gasteiger partial charge < -0.3 is 9.84 Å². The second-order valence-corrected chi connectivity index (χ2v) is 3.47. The van der Waals surface area contributed by atoms with Gasteiger partial charge in [0.05, 0.1) is 19.2 Å². The molecule has 0 amide bonds. The standard InChI is InChI=1S/C13H9NO3/c1-14-11-5-8-3-4-12(16)10(7-15)9(8)6-13(11)17-2/h3-7,16H,2H3. The Morgan fingerprint density at radius 3 is 2.76 bits per heavy atom. The van der Waals surface area contributed by atoms with Gasteiger partial charge in [0.25, 0.3) is 0 Å². The summed E-state index contributed by atoms with van der Waals surface area (Å²) >= 11 is 0. The van der Waals surface area contributed by atoms with Crippen molar-refractivity contribution >= 4 is 22.7 Å². The van der Waals surface area contributed by atoms with Gasteiger partial charge >= 0.3 is 0 Å². The molecule has 0 spiro atoms. The summed E-state index contributed by atoms with van der Waals surface area (Å²) in [6.07, 6.45) is 0.592. The van der Waals surface area contributed by atoms with E-state index in [9.17, 15) is 9.90 Å². The summed E-state index contributed by atoms with van der Waals surface area (Å²) in [7, 11) is 1.46. The summed E-state index contributed by atoms with van der Waals surface area (Å²) in [4.78, 5) is 14.3. The average molecular weight is 227 g/mol. The molecule has 17 heavy (non-hydrogen) atoms. The number of benzene rings is 2. The predicted octanol–water partition coefficient (Wildman–Crippen LogP) is 2.92. The van der Waals surface area contributed by atoms with Gasteiger partial charge in [0.15, 0.2) is 6.29 Å². The quantitative estimate of drug-likeness (QED) is 0.634. The highest BCUT2D eigenvalue weighted by atomic mass is 16.5. The molecular weight excluding hydrogens is 218 g/mol. The summed E-state index contributed by atoms with van der Waals surface area (Å²) in [6, 6.07) is 6.32. The molecule has 0 aliphatic heterocycles. The number of hydrogen-bond donors (Lipinski definition) is 1. The summed E-state index contributed by atoms with van der Waals surface area (Å²) in [5.41, 5.74) is 0.583. The number of carbonyl (C=O) groups is 1. The van der Waals surface area contributed by atoms with E-state index in [0.717, 1.165) is 5.39 Å². The molecule has 4 heteroatoms. The summed E-state index contributed by atoms with van der Waals surface area (Å²) in [5, 5.41) is 10.9. The Hall–Kier alpha value is -2.54. The average Bonchev–Trinajstić information content (AvgIpc) is 2.37. The maximum Gasteiger partial charge on any atom is 0.228 e. The van der Waals surface area contributed by atoms with Crippen molar-refractivity contribution < 1.29 is 14.6 Å². The Labute approximate surface area is 97.9 Å². The Bertz CT molecular complexity index is 641. The van der Waals surface area contributed by atoms with Crippen molar-refractivity contribution in [2.24, 2.45) is 0 Å². The van der Waals surface area contributed by atoms with E-state index < -0.39 is 0 Å². The number of hydrogen-bond acceptors (Lipinski definition) is 3. The molecule has 0 radical (unpaired) electrons. The zero-order valence-electron chi connectivity index (χ0n) is 9.10. The number of rotatable bonds is 2. The number of ether oxygens (including phenoxy) is 1. The van der Waals surface area contributed by atoms with Crippen LogP contribution >= 0.6 is 0 Å². The van der Waals surface area contributed by atoms with Crippen molar-refractivity contribution in [3.8, 4) is 11.5 Å². The molecule has 0 atom stereocenters. The van der Waals surface area contributed by atoms with Crippen LogP contribution in [0, 0.1) is 6.57 Å². The summed E-state index contributed by atoms with van der Waals surface area (Å²) < 4.78 is 5.07. The number of phenolic OH excluding ortho intramolecular Hbond substituents is 1. The van der Waals surface area contributed by atoms with Crippen molar-refractivity contribution in [3.05, 3.63) is 41.2 Å². The topological polar surface area (TPSA) is 50.9 Å².